The Hall–Kier alpha value is -4.24. The third-order valence-electron chi connectivity index (χ3n) is 5.05. The third-order valence-corrected chi connectivity index (χ3v) is 5.41. The predicted molar refractivity (Wildman–Crippen MR) is 137 cm³/mol. The van der Waals surface area contributed by atoms with Gasteiger partial charge in [-0.2, -0.15) is 5.11 Å². The topological polar surface area (TPSA) is 90.3 Å². The van der Waals surface area contributed by atoms with E-state index in [0.29, 0.717) is 41.8 Å². The zero-order chi connectivity index (χ0) is 24.8. The molecule has 0 saturated heterocycles. The molecule has 0 amide bonds. The molecule has 9 heteroatoms. The third kappa shape index (κ3) is 5.15. The first-order chi connectivity index (χ1) is 17.0. The highest BCUT2D eigenvalue weighted by Gasteiger charge is 2.19. The zero-order valence-corrected chi connectivity index (χ0v) is 20.1. The first kappa shape index (κ1) is 23.9. The van der Waals surface area contributed by atoms with E-state index in [-0.39, 0.29) is 10.5 Å². The summed E-state index contributed by atoms with van der Waals surface area (Å²) in [6, 6.07) is 22.9. The van der Waals surface area contributed by atoms with Crippen LogP contribution in [0, 0.1) is 4.77 Å². The van der Waals surface area contributed by atoms with Crippen LogP contribution in [-0.2, 0) is 0 Å². The highest BCUT2D eigenvalue weighted by atomic mass is 32.1. The van der Waals surface area contributed by atoms with Crippen molar-refractivity contribution in [1.29, 1.82) is 0 Å². The maximum absolute atomic E-state index is 13.4. The van der Waals surface area contributed by atoms with Gasteiger partial charge in [-0.25, -0.2) is 0 Å². The minimum Gasteiger partial charge on any atom is -0.494 e. The number of hydrogen-bond acceptors (Lipinski definition) is 7. The quantitative estimate of drug-likeness (QED) is 0.233. The highest BCUT2D eigenvalue weighted by molar-refractivity contribution is 7.71. The van der Waals surface area contributed by atoms with Crippen LogP contribution in [0.4, 0.5) is 11.4 Å². The van der Waals surface area contributed by atoms with Gasteiger partial charge in [-0.3, -0.25) is 13.9 Å². The molecule has 0 spiro atoms. The van der Waals surface area contributed by atoms with E-state index in [2.05, 4.69) is 10.2 Å². The van der Waals surface area contributed by atoms with Gasteiger partial charge in [-0.15, -0.1) is 5.11 Å². The van der Waals surface area contributed by atoms with Gasteiger partial charge in [-0.1, -0.05) is 18.2 Å². The van der Waals surface area contributed by atoms with Gasteiger partial charge < -0.3 is 14.6 Å². The molecule has 0 bridgehead atoms. The number of aromatic hydroxyl groups is 1. The van der Waals surface area contributed by atoms with E-state index in [1.54, 1.807) is 72.8 Å². The average Bonchev–Trinajstić information content (AvgIpc) is 2.87. The molecule has 178 valence electrons. The number of benzene rings is 3. The summed E-state index contributed by atoms with van der Waals surface area (Å²) < 4.78 is 13.7. The fraction of sp³-hybridized carbons (Fsp3) is 0.154. The van der Waals surface area contributed by atoms with Crippen molar-refractivity contribution in [3.8, 4) is 28.8 Å². The van der Waals surface area contributed by atoms with E-state index in [0.717, 1.165) is 0 Å². The summed E-state index contributed by atoms with van der Waals surface area (Å²) in [4.78, 5) is 13.4. The standard InChI is InChI=1S/C26H24N4O4S/c1-3-33-21-14-10-18(11-15-21)27-28-23-24(31)29(19-8-6-5-7-9-19)26(35)30(25(23)32)20-12-16-22(17-13-20)34-4-2/h5-17,32H,3-4H2,1-2H3. The Morgan fingerprint density at radius 1 is 0.771 bits per heavy atom. The lowest BCUT2D eigenvalue weighted by atomic mass is 10.3. The van der Waals surface area contributed by atoms with Crippen molar-refractivity contribution >= 4 is 23.6 Å². The highest BCUT2D eigenvalue weighted by Crippen LogP contribution is 2.30. The predicted octanol–water partition coefficient (Wildman–Crippen LogP) is 6.28. The minimum atomic E-state index is -0.587. The lowest BCUT2D eigenvalue weighted by Crippen LogP contribution is -2.23. The van der Waals surface area contributed by atoms with Gasteiger partial charge in [-0.05, 0) is 86.7 Å². The summed E-state index contributed by atoms with van der Waals surface area (Å²) in [7, 11) is 0. The van der Waals surface area contributed by atoms with Crippen LogP contribution in [0.5, 0.6) is 17.4 Å². The maximum atomic E-state index is 13.4. The van der Waals surface area contributed by atoms with E-state index in [9.17, 15) is 9.90 Å². The molecule has 0 fully saturated rings. The van der Waals surface area contributed by atoms with Crippen LogP contribution in [-0.4, -0.2) is 27.5 Å². The Morgan fingerprint density at radius 2 is 1.31 bits per heavy atom. The van der Waals surface area contributed by atoms with Crippen LogP contribution in [0.25, 0.3) is 11.4 Å². The van der Waals surface area contributed by atoms with Crippen molar-refractivity contribution in [3.05, 3.63) is 94.0 Å². The van der Waals surface area contributed by atoms with Gasteiger partial charge in [0.2, 0.25) is 11.6 Å². The molecule has 0 aliphatic rings. The van der Waals surface area contributed by atoms with Gasteiger partial charge >= 0.3 is 0 Å². The summed E-state index contributed by atoms with van der Waals surface area (Å²) in [5.74, 6) is 0.963. The van der Waals surface area contributed by atoms with E-state index in [4.69, 9.17) is 21.7 Å². The number of rotatable bonds is 8. The molecule has 0 unspecified atom stereocenters. The van der Waals surface area contributed by atoms with Crippen molar-refractivity contribution in [2.24, 2.45) is 10.2 Å². The number of nitrogens with zero attached hydrogens (tertiary/aromatic N) is 4. The molecule has 0 aliphatic carbocycles. The first-order valence-electron chi connectivity index (χ1n) is 11.1. The van der Waals surface area contributed by atoms with Crippen molar-refractivity contribution in [2.45, 2.75) is 13.8 Å². The molecule has 1 heterocycles. The molecule has 0 radical (unpaired) electrons. The second-order valence-electron chi connectivity index (χ2n) is 7.32. The fourth-order valence-corrected chi connectivity index (χ4v) is 3.83. The molecule has 1 N–H and O–H groups in total. The minimum absolute atomic E-state index is 0.0860. The van der Waals surface area contributed by atoms with E-state index >= 15 is 0 Å². The molecule has 1 aromatic heterocycles. The lowest BCUT2D eigenvalue weighted by molar-refractivity contribution is 0.340. The van der Waals surface area contributed by atoms with Crippen molar-refractivity contribution < 1.29 is 14.6 Å². The largest absolute Gasteiger partial charge is 0.494 e. The molecule has 0 saturated carbocycles. The molecule has 35 heavy (non-hydrogen) atoms. The molecule has 4 rings (SSSR count). The summed E-state index contributed by atoms with van der Waals surface area (Å²) in [6.07, 6.45) is 0. The monoisotopic (exact) mass is 488 g/mol. The van der Waals surface area contributed by atoms with Crippen LogP contribution < -0.4 is 15.0 Å². The number of azo groups is 1. The smallest absolute Gasteiger partial charge is 0.290 e. The summed E-state index contributed by atoms with van der Waals surface area (Å²) in [5, 5.41) is 19.4. The Kier molecular flexibility index (Phi) is 7.37. The van der Waals surface area contributed by atoms with Crippen LogP contribution in [0.2, 0.25) is 0 Å². The second-order valence-corrected chi connectivity index (χ2v) is 7.69. The molecular weight excluding hydrogens is 464 g/mol. The van der Waals surface area contributed by atoms with Crippen LogP contribution >= 0.6 is 12.2 Å². The van der Waals surface area contributed by atoms with Crippen LogP contribution in [0.1, 0.15) is 13.8 Å². The van der Waals surface area contributed by atoms with Crippen molar-refractivity contribution in [1.82, 2.24) is 9.13 Å². The van der Waals surface area contributed by atoms with E-state index < -0.39 is 11.4 Å². The normalized spacial score (nSPS) is 11.0. The van der Waals surface area contributed by atoms with Gasteiger partial charge in [0.1, 0.15) is 11.5 Å². The molecule has 8 nitrogen and oxygen atoms in total. The zero-order valence-electron chi connectivity index (χ0n) is 19.3. The van der Waals surface area contributed by atoms with E-state index in [1.165, 1.54) is 9.13 Å². The molecule has 0 aliphatic heterocycles. The fourth-order valence-electron chi connectivity index (χ4n) is 3.45. The molecule has 4 aromatic rings. The van der Waals surface area contributed by atoms with E-state index in [1.807, 2.05) is 19.9 Å². The van der Waals surface area contributed by atoms with Crippen molar-refractivity contribution in [2.75, 3.05) is 13.2 Å². The molecule has 3 aromatic carbocycles. The van der Waals surface area contributed by atoms with Gasteiger partial charge in [0, 0.05) is 0 Å². The van der Waals surface area contributed by atoms with Gasteiger partial charge in [0.25, 0.3) is 5.56 Å². The van der Waals surface area contributed by atoms with Crippen LogP contribution in [0.3, 0.4) is 0 Å². The summed E-state index contributed by atoms with van der Waals surface area (Å²) >= 11 is 5.64. The Balaban J connectivity index is 1.88. The number of hydrogen-bond donors (Lipinski definition) is 1. The lowest BCUT2D eigenvalue weighted by Gasteiger charge is -2.16. The summed E-state index contributed by atoms with van der Waals surface area (Å²) in [6.45, 7) is 4.87. The second kappa shape index (κ2) is 10.8. The number of aromatic nitrogens is 2. The Labute approximate surface area is 207 Å². The SMILES string of the molecule is CCOc1ccc(N=Nc2c(O)n(-c3ccc(OCC)cc3)c(=S)n(-c3ccccc3)c2=O)cc1. The first-order valence-corrected chi connectivity index (χ1v) is 11.5. The maximum Gasteiger partial charge on any atom is 0.290 e. The Morgan fingerprint density at radius 3 is 1.89 bits per heavy atom. The molecule has 0 atom stereocenters. The summed E-state index contributed by atoms with van der Waals surface area (Å²) in [5.41, 5.74) is 0.743. The molecular formula is C26H24N4O4S. The number of para-hydroxylation sites is 1. The average molecular weight is 489 g/mol. The van der Waals surface area contributed by atoms with Crippen LogP contribution in [0.15, 0.2) is 93.9 Å². The number of ether oxygens (including phenoxy) is 2. The Bertz CT molecular complexity index is 1440. The van der Waals surface area contributed by atoms with Gasteiger partial charge in [0.05, 0.1) is 30.3 Å². The van der Waals surface area contributed by atoms with Gasteiger partial charge in [0.15, 0.2) is 4.77 Å². The van der Waals surface area contributed by atoms with Crippen molar-refractivity contribution in [3.63, 3.8) is 0 Å².